The van der Waals surface area contributed by atoms with E-state index in [0.29, 0.717) is 0 Å². The number of carbonyl (C=O) groups is 1. The maximum Gasteiger partial charge on any atom is 0.224 e. The number of halogens is 1. The maximum atomic E-state index is 11.7. The van der Waals surface area contributed by atoms with Crippen LogP contribution in [0.5, 0.6) is 0 Å². The van der Waals surface area contributed by atoms with Crippen molar-refractivity contribution in [2.75, 3.05) is 0 Å². The number of rotatable bonds is 5. The van der Waals surface area contributed by atoms with Crippen LogP contribution in [0, 0.1) is 5.92 Å². The van der Waals surface area contributed by atoms with E-state index in [4.69, 9.17) is 5.73 Å². The third kappa shape index (κ3) is 5.38. The topological polar surface area (TPSA) is 55.1 Å². The van der Waals surface area contributed by atoms with E-state index >= 15 is 0 Å². The lowest BCUT2D eigenvalue weighted by molar-refractivity contribution is -0.126. The van der Waals surface area contributed by atoms with Crippen molar-refractivity contribution in [2.24, 2.45) is 11.7 Å². The van der Waals surface area contributed by atoms with Crippen molar-refractivity contribution in [3.8, 4) is 0 Å². The standard InChI is InChI=1S/C11H24N2O.ClH/c1-6-11(5,7-2)13-10(14)8(3)9(4)12;/h8-9H,6-7,12H2,1-5H3,(H,13,14);1H. The lowest BCUT2D eigenvalue weighted by Gasteiger charge is -2.30. The third-order valence-electron chi connectivity index (χ3n) is 3.19. The quantitative estimate of drug-likeness (QED) is 0.768. The van der Waals surface area contributed by atoms with Gasteiger partial charge in [-0.1, -0.05) is 20.8 Å². The molecule has 0 aromatic heterocycles. The molecule has 0 saturated carbocycles. The van der Waals surface area contributed by atoms with E-state index in [-0.39, 0.29) is 35.8 Å². The molecule has 4 heteroatoms. The van der Waals surface area contributed by atoms with Crippen LogP contribution in [0.2, 0.25) is 0 Å². The smallest absolute Gasteiger partial charge is 0.224 e. The summed E-state index contributed by atoms with van der Waals surface area (Å²) in [6, 6.07) is -0.0898. The first kappa shape index (κ1) is 17.1. The van der Waals surface area contributed by atoms with Crippen LogP contribution in [0.4, 0.5) is 0 Å². The Bertz CT molecular complexity index is 191. The molecule has 0 heterocycles. The summed E-state index contributed by atoms with van der Waals surface area (Å²) in [5, 5.41) is 3.05. The predicted molar refractivity (Wildman–Crippen MR) is 67.2 cm³/mol. The molecule has 0 spiro atoms. The molecule has 0 bridgehead atoms. The minimum absolute atomic E-state index is 0. The molecule has 0 fully saturated rings. The van der Waals surface area contributed by atoms with Crippen molar-refractivity contribution in [3.63, 3.8) is 0 Å². The zero-order valence-electron chi connectivity index (χ0n) is 10.5. The van der Waals surface area contributed by atoms with E-state index in [0.717, 1.165) is 12.8 Å². The second kappa shape index (κ2) is 7.07. The summed E-state index contributed by atoms with van der Waals surface area (Å²) < 4.78 is 0. The van der Waals surface area contributed by atoms with Crippen LogP contribution in [-0.2, 0) is 4.79 Å². The number of carbonyl (C=O) groups excluding carboxylic acids is 1. The monoisotopic (exact) mass is 236 g/mol. The van der Waals surface area contributed by atoms with Crippen molar-refractivity contribution in [3.05, 3.63) is 0 Å². The molecule has 0 radical (unpaired) electrons. The first-order valence-electron chi connectivity index (χ1n) is 5.44. The molecule has 2 atom stereocenters. The van der Waals surface area contributed by atoms with Gasteiger partial charge in [0.2, 0.25) is 5.91 Å². The van der Waals surface area contributed by atoms with Crippen LogP contribution in [0.15, 0.2) is 0 Å². The molecule has 0 aliphatic carbocycles. The fraction of sp³-hybridized carbons (Fsp3) is 0.909. The normalized spacial score (nSPS) is 15.1. The Labute approximate surface area is 99.6 Å². The van der Waals surface area contributed by atoms with Gasteiger partial charge in [0, 0.05) is 17.5 Å². The van der Waals surface area contributed by atoms with E-state index in [1.165, 1.54) is 0 Å². The van der Waals surface area contributed by atoms with Crippen molar-refractivity contribution in [1.82, 2.24) is 5.32 Å². The number of nitrogens with two attached hydrogens (primary N) is 1. The summed E-state index contributed by atoms with van der Waals surface area (Å²) in [5.74, 6) is -0.0568. The highest BCUT2D eigenvalue weighted by molar-refractivity contribution is 5.85. The van der Waals surface area contributed by atoms with Crippen molar-refractivity contribution in [2.45, 2.75) is 59.0 Å². The largest absolute Gasteiger partial charge is 0.351 e. The summed E-state index contributed by atoms with van der Waals surface area (Å²) in [4.78, 5) is 11.7. The van der Waals surface area contributed by atoms with E-state index in [1.807, 2.05) is 13.8 Å². The molecule has 2 unspecified atom stereocenters. The minimum atomic E-state index is -0.118. The van der Waals surface area contributed by atoms with E-state index in [9.17, 15) is 4.79 Å². The third-order valence-corrected chi connectivity index (χ3v) is 3.19. The Morgan fingerprint density at radius 1 is 1.33 bits per heavy atom. The highest BCUT2D eigenvalue weighted by Crippen LogP contribution is 2.14. The Morgan fingerprint density at radius 2 is 1.73 bits per heavy atom. The van der Waals surface area contributed by atoms with Gasteiger partial charge in [0.1, 0.15) is 0 Å². The lowest BCUT2D eigenvalue weighted by atomic mass is 9.93. The first-order valence-corrected chi connectivity index (χ1v) is 5.44. The molecule has 0 rings (SSSR count). The SMILES string of the molecule is CCC(C)(CC)NC(=O)C(C)C(C)N.Cl. The molecule has 92 valence electrons. The van der Waals surface area contributed by atoms with Gasteiger partial charge in [-0.2, -0.15) is 0 Å². The van der Waals surface area contributed by atoms with Crippen molar-refractivity contribution >= 4 is 18.3 Å². The number of nitrogens with one attached hydrogen (secondary N) is 1. The first-order chi connectivity index (χ1) is 6.36. The Hall–Kier alpha value is -0.280. The summed E-state index contributed by atoms with van der Waals surface area (Å²) in [5.41, 5.74) is 5.59. The molecule has 3 nitrogen and oxygen atoms in total. The molecule has 15 heavy (non-hydrogen) atoms. The summed E-state index contributed by atoms with van der Waals surface area (Å²) in [6.45, 7) is 9.96. The van der Waals surface area contributed by atoms with Gasteiger partial charge < -0.3 is 11.1 Å². The summed E-state index contributed by atoms with van der Waals surface area (Å²) in [6.07, 6.45) is 1.89. The summed E-state index contributed by atoms with van der Waals surface area (Å²) >= 11 is 0. The number of hydrogen-bond donors (Lipinski definition) is 2. The molecule has 3 N–H and O–H groups in total. The van der Waals surface area contributed by atoms with Crippen LogP contribution < -0.4 is 11.1 Å². The number of hydrogen-bond acceptors (Lipinski definition) is 2. The minimum Gasteiger partial charge on any atom is -0.351 e. The average molecular weight is 237 g/mol. The molecular weight excluding hydrogens is 212 g/mol. The highest BCUT2D eigenvalue weighted by atomic mass is 35.5. The van der Waals surface area contributed by atoms with Gasteiger partial charge >= 0.3 is 0 Å². The van der Waals surface area contributed by atoms with Crippen LogP contribution in [0.1, 0.15) is 47.5 Å². The molecule has 0 aliphatic heterocycles. The van der Waals surface area contributed by atoms with E-state index in [1.54, 1.807) is 0 Å². The molecule has 0 aromatic rings. The average Bonchev–Trinajstić information content (AvgIpc) is 2.16. The second-order valence-electron chi connectivity index (χ2n) is 4.40. The predicted octanol–water partition coefficient (Wildman–Crippen LogP) is 2.09. The fourth-order valence-electron chi connectivity index (χ4n) is 1.08. The van der Waals surface area contributed by atoms with Gasteiger partial charge in [0.15, 0.2) is 0 Å². The van der Waals surface area contributed by atoms with Gasteiger partial charge in [-0.25, -0.2) is 0 Å². The number of amides is 1. The van der Waals surface area contributed by atoms with Gasteiger partial charge in [-0.05, 0) is 26.7 Å². The molecular formula is C11H25ClN2O. The van der Waals surface area contributed by atoms with Gasteiger partial charge in [-0.3, -0.25) is 4.79 Å². The Balaban J connectivity index is 0. The Kier molecular flexibility index (Phi) is 8.07. The molecule has 0 aliphatic rings. The van der Waals surface area contributed by atoms with Crippen LogP contribution in [0.3, 0.4) is 0 Å². The molecule has 0 saturated heterocycles. The van der Waals surface area contributed by atoms with Crippen LogP contribution >= 0.6 is 12.4 Å². The molecule has 0 aromatic carbocycles. The van der Waals surface area contributed by atoms with Crippen LogP contribution in [0.25, 0.3) is 0 Å². The summed E-state index contributed by atoms with van der Waals surface area (Å²) in [7, 11) is 0. The highest BCUT2D eigenvalue weighted by Gasteiger charge is 2.25. The van der Waals surface area contributed by atoms with E-state index in [2.05, 4.69) is 26.1 Å². The maximum absolute atomic E-state index is 11.7. The van der Waals surface area contributed by atoms with Gasteiger partial charge in [0.25, 0.3) is 0 Å². The Morgan fingerprint density at radius 3 is 2.00 bits per heavy atom. The molecule has 1 amide bonds. The zero-order chi connectivity index (χ0) is 11.4. The second-order valence-corrected chi connectivity index (χ2v) is 4.40. The van der Waals surface area contributed by atoms with Gasteiger partial charge in [0.05, 0.1) is 0 Å². The van der Waals surface area contributed by atoms with Crippen molar-refractivity contribution < 1.29 is 4.79 Å². The van der Waals surface area contributed by atoms with Crippen LogP contribution in [-0.4, -0.2) is 17.5 Å². The van der Waals surface area contributed by atoms with E-state index < -0.39 is 0 Å². The van der Waals surface area contributed by atoms with Crippen molar-refractivity contribution in [1.29, 1.82) is 0 Å². The fourth-order valence-corrected chi connectivity index (χ4v) is 1.08. The van der Waals surface area contributed by atoms with Gasteiger partial charge in [-0.15, -0.1) is 12.4 Å². The zero-order valence-corrected chi connectivity index (χ0v) is 11.3. The lowest BCUT2D eigenvalue weighted by Crippen LogP contribution is -2.49.